The zero-order chi connectivity index (χ0) is 15.7. The van der Waals surface area contributed by atoms with Crippen molar-refractivity contribution in [2.75, 3.05) is 18.4 Å². The molecule has 1 aromatic carbocycles. The monoisotopic (exact) mass is 300 g/mol. The molecule has 0 unspecified atom stereocenters. The lowest BCUT2D eigenvalue weighted by molar-refractivity contribution is -0.143. The van der Waals surface area contributed by atoms with Crippen molar-refractivity contribution in [2.45, 2.75) is 39.5 Å². The first-order valence-electron chi connectivity index (χ1n) is 8.19. The van der Waals surface area contributed by atoms with Crippen LogP contribution in [0.2, 0.25) is 0 Å². The Hall–Kier alpha value is -1.84. The number of piperidine rings is 1. The molecule has 1 aliphatic carbocycles. The first-order valence-corrected chi connectivity index (χ1v) is 8.19. The number of nitrogens with zero attached hydrogens (tertiary/aromatic N) is 1. The number of anilines is 1. The number of rotatable bonds is 3. The molecule has 4 nitrogen and oxygen atoms in total. The fraction of sp³-hybridized carbons (Fsp3) is 0.556. The van der Waals surface area contributed by atoms with Gasteiger partial charge in [-0.2, -0.15) is 0 Å². The molecule has 2 amide bonds. The van der Waals surface area contributed by atoms with Crippen molar-refractivity contribution in [1.82, 2.24) is 4.90 Å². The van der Waals surface area contributed by atoms with E-state index in [0.29, 0.717) is 18.8 Å². The van der Waals surface area contributed by atoms with E-state index in [1.807, 2.05) is 36.1 Å². The van der Waals surface area contributed by atoms with Gasteiger partial charge in [-0.25, -0.2) is 0 Å². The first-order chi connectivity index (χ1) is 10.5. The van der Waals surface area contributed by atoms with Gasteiger partial charge in [-0.05, 0) is 50.7 Å². The minimum Gasteiger partial charge on any atom is -0.342 e. The van der Waals surface area contributed by atoms with Crippen LogP contribution in [-0.4, -0.2) is 29.8 Å². The highest BCUT2D eigenvalue weighted by Crippen LogP contribution is 2.48. The second kappa shape index (κ2) is 5.75. The summed E-state index contributed by atoms with van der Waals surface area (Å²) in [7, 11) is 0. The lowest BCUT2D eigenvalue weighted by Crippen LogP contribution is -2.46. The third-order valence-corrected chi connectivity index (χ3v) is 4.97. The topological polar surface area (TPSA) is 49.4 Å². The molecule has 0 radical (unpaired) electrons. The highest BCUT2D eigenvalue weighted by molar-refractivity contribution is 6.13. The van der Waals surface area contributed by atoms with E-state index in [1.54, 1.807) is 0 Å². The largest absolute Gasteiger partial charge is 0.342 e. The Morgan fingerprint density at radius 1 is 1.14 bits per heavy atom. The average Bonchev–Trinajstić information content (AvgIpc) is 3.31. The van der Waals surface area contributed by atoms with Gasteiger partial charge >= 0.3 is 0 Å². The van der Waals surface area contributed by atoms with Gasteiger partial charge in [-0.1, -0.05) is 24.6 Å². The number of hydrogen-bond acceptors (Lipinski definition) is 2. The molecule has 4 heteroatoms. The molecule has 1 aromatic rings. The molecule has 1 N–H and O–H groups in total. The molecule has 2 fully saturated rings. The lowest BCUT2D eigenvalue weighted by Gasteiger charge is -2.32. The Kier molecular flexibility index (Phi) is 3.94. The molecule has 1 saturated carbocycles. The van der Waals surface area contributed by atoms with Crippen LogP contribution in [0.25, 0.3) is 0 Å². The summed E-state index contributed by atoms with van der Waals surface area (Å²) >= 11 is 0. The number of hydrogen-bond donors (Lipinski definition) is 1. The van der Waals surface area contributed by atoms with Crippen LogP contribution in [0.1, 0.15) is 38.2 Å². The number of amides is 2. The van der Waals surface area contributed by atoms with Gasteiger partial charge in [0, 0.05) is 18.8 Å². The summed E-state index contributed by atoms with van der Waals surface area (Å²) in [6.45, 7) is 5.81. The summed E-state index contributed by atoms with van der Waals surface area (Å²) in [5.41, 5.74) is 1.12. The van der Waals surface area contributed by atoms with E-state index in [2.05, 4.69) is 12.2 Å². The highest BCUT2D eigenvalue weighted by atomic mass is 16.2. The minimum atomic E-state index is -0.800. The van der Waals surface area contributed by atoms with Crippen molar-refractivity contribution < 1.29 is 9.59 Å². The van der Waals surface area contributed by atoms with E-state index in [9.17, 15) is 9.59 Å². The molecule has 3 rings (SSSR count). The van der Waals surface area contributed by atoms with Gasteiger partial charge < -0.3 is 10.2 Å². The maximum Gasteiger partial charge on any atom is 0.240 e. The predicted molar refractivity (Wildman–Crippen MR) is 86.5 cm³/mol. The molecule has 0 bridgehead atoms. The van der Waals surface area contributed by atoms with Crippen LogP contribution in [-0.2, 0) is 9.59 Å². The smallest absolute Gasteiger partial charge is 0.240 e. The molecule has 118 valence electrons. The zero-order valence-corrected chi connectivity index (χ0v) is 13.4. The zero-order valence-electron chi connectivity index (χ0n) is 13.4. The summed E-state index contributed by atoms with van der Waals surface area (Å²) in [6.07, 6.45) is 3.44. The standard InChI is InChI=1S/C18H24N2O2/c1-13-3-5-15(6-4-13)19-16(21)18(9-10-18)17(22)20-11-7-14(2)8-12-20/h3-6,14H,7-12H2,1-2H3,(H,19,21). The Morgan fingerprint density at radius 3 is 2.27 bits per heavy atom. The van der Waals surface area contributed by atoms with E-state index >= 15 is 0 Å². The molecular weight excluding hydrogens is 276 g/mol. The Balaban J connectivity index is 1.66. The molecule has 1 saturated heterocycles. The molecule has 0 spiro atoms. The Labute approximate surface area is 131 Å². The molecule has 22 heavy (non-hydrogen) atoms. The molecule has 1 heterocycles. The number of carbonyl (C=O) groups excluding carboxylic acids is 2. The van der Waals surface area contributed by atoms with E-state index in [4.69, 9.17) is 0 Å². The maximum atomic E-state index is 12.7. The summed E-state index contributed by atoms with van der Waals surface area (Å²) < 4.78 is 0. The third kappa shape index (κ3) is 2.87. The number of nitrogens with one attached hydrogen (secondary N) is 1. The fourth-order valence-corrected chi connectivity index (χ4v) is 3.07. The number of carbonyl (C=O) groups is 2. The number of aryl methyl sites for hydroxylation is 1. The van der Waals surface area contributed by atoms with E-state index < -0.39 is 5.41 Å². The summed E-state index contributed by atoms with van der Waals surface area (Å²) in [6, 6.07) is 7.69. The molecule has 0 aromatic heterocycles. The summed E-state index contributed by atoms with van der Waals surface area (Å²) in [5.74, 6) is 0.574. The normalized spacial score (nSPS) is 20.5. The van der Waals surface area contributed by atoms with Crippen LogP contribution in [0.3, 0.4) is 0 Å². The van der Waals surface area contributed by atoms with Crippen molar-refractivity contribution >= 4 is 17.5 Å². The van der Waals surface area contributed by atoms with E-state index in [1.165, 1.54) is 0 Å². The molecule has 0 atom stereocenters. The van der Waals surface area contributed by atoms with Gasteiger partial charge in [-0.15, -0.1) is 0 Å². The van der Waals surface area contributed by atoms with Crippen LogP contribution >= 0.6 is 0 Å². The van der Waals surface area contributed by atoms with E-state index in [-0.39, 0.29) is 11.8 Å². The first kappa shape index (κ1) is 15.1. The van der Waals surface area contributed by atoms with Crippen molar-refractivity contribution in [3.05, 3.63) is 29.8 Å². The van der Waals surface area contributed by atoms with E-state index in [0.717, 1.165) is 37.2 Å². The van der Waals surface area contributed by atoms with Gasteiger partial charge in [0.05, 0.1) is 0 Å². The van der Waals surface area contributed by atoms with Crippen LogP contribution < -0.4 is 5.32 Å². The number of likely N-dealkylation sites (tertiary alicyclic amines) is 1. The summed E-state index contributed by atoms with van der Waals surface area (Å²) in [5, 5.41) is 2.91. The quantitative estimate of drug-likeness (QED) is 0.873. The minimum absolute atomic E-state index is 0.0315. The van der Waals surface area contributed by atoms with Gasteiger partial charge in [0.2, 0.25) is 11.8 Å². The highest BCUT2D eigenvalue weighted by Gasteiger charge is 2.58. The average molecular weight is 300 g/mol. The van der Waals surface area contributed by atoms with Crippen LogP contribution in [0, 0.1) is 18.3 Å². The second-order valence-electron chi connectivity index (χ2n) is 6.88. The maximum absolute atomic E-state index is 12.7. The molecular formula is C18H24N2O2. The van der Waals surface area contributed by atoms with Crippen molar-refractivity contribution in [3.63, 3.8) is 0 Å². The van der Waals surface area contributed by atoms with Gasteiger partial charge in [0.1, 0.15) is 5.41 Å². The Morgan fingerprint density at radius 2 is 1.73 bits per heavy atom. The number of benzene rings is 1. The molecule has 2 aliphatic rings. The summed E-state index contributed by atoms with van der Waals surface area (Å²) in [4.78, 5) is 27.2. The predicted octanol–water partition coefficient (Wildman–Crippen LogP) is 2.97. The van der Waals surface area contributed by atoms with Gasteiger partial charge in [0.25, 0.3) is 0 Å². The van der Waals surface area contributed by atoms with Crippen molar-refractivity contribution in [3.8, 4) is 0 Å². The molecule has 1 aliphatic heterocycles. The van der Waals surface area contributed by atoms with Crippen LogP contribution in [0.4, 0.5) is 5.69 Å². The van der Waals surface area contributed by atoms with Crippen LogP contribution in [0.15, 0.2) is 24.3 Å². The fourth-order valence-electron chi connectivity index (χ4n) is 3.07. The van der Waals surface area contributed by atoms with Gasteiger partial charge in [-0.3, -0.25) is 9.59 Å². The van der Waals surface area contributed by atoms with Crippen LogP contribution in [0.5, 0.6) is 0 Å². The third-order valence-electron chi connectivity index (χ3n) is 4.97. The second-order valence-corrected chi connectivity index (χ2v) is 6.88. The van der Waals surface area contributed by atoms with Crippen molar-refractivity contribution in [2.24, 2.45) is 11.3 Å². The Bertz CT molecular complexity index is 567. The van der Waals surface area contributed by atoms with Crippen molar-refractivity contribution in [1.29, 1.82) is 0 Å². The van der Waals surface area contributed by atoms with Gasteiger partial charge in [0.15, 0.2) is 0 Å². The lowest BCUT2D eigenvalue weighted by atomic mass is 9.96. The SMILES string of the molecule is Cc1ccc(NC(=O)C2(C(=O)N3CCC(C)CC3)CC2)cc1.